The van der Waals surface area contributed by atoms with Gasteiger partial charge in [0.1, 0.15) is 0 Å². The van der Waals surface area contributed by atoms with Crippen molar-refractivity contribution in [2.24, 2.45) is 0 Å². The molecule has 0 N–H and O–H groups in total. The molecule has 36 heavy (non-hydrogen) atoms. The highest BCUT2D eigenvalue weighted by atomic mass is 35.5. The molecule has 0 aliphatic carbocycles. The molecule has 5 aromatic carbocycles. The number of aromatic nitrogens is 1. The minimum absolute atomic E-state index is 0.320. The molecule has 1 atom stereocenters. The van der Waals surface area contributed by atoms with Gasteiger partial charge >= 0.3 is 5.97 Å². The minimum Gasteiger partial charge on any atom is -0.467 e. The summed E-state index contributed by atoms with van der Waals surface area (Å²) in [5.74, 6) is -0.320. The number of hydrogen-bond donors (Lipinski definition) is 0. The number of methoxy groups -OCH3 is 1. The maximum atomic E-state index is 14.2. The topological polar surface area (TPSA) is 31.2 Å². The molecule has 0 unspecified atom stereocenters. The molecule has 0 fully saturated rings. The summed E-state index contributed by atoms with van der Waals surface area (Å²) in [5.41, 5.74) is 1.73. The van der Waals surface area contributed by atoms with Crippen molar-refractivity contribution in [1.82, 2.24) is 4.57 Å². The highest BCUT2D eigenvalue weighted by Crippen LogP contribution is 2.40. The van der Waals surface area contributed by atoms with Crippen LogP contribution in [0.5, 0.6) is 0 Å². The van der Waals surface area contributed by atoms with Crippen LogP contribution in [0.25, 0.3) is 32.4 Å². The second-order valence-electron chi connectivity index (χ2n) is 9.08. The fourth-order valence-electron chi connectivity index (χ4n) is 5.51. The van der Waals surface area contributed by atoms with Crippen molar-refractivity contribution in [1.29, 1.82) is 0 Å². The molecule has 0 spiro atoms. The van der Waals surface area contributed by atoms with E-state index in [1.54, 1.807) is 0 Å². The number of nitrogens with zero attached hydrogens (tertiary/aromatic N) is 1. The molecule has 1 heterocycles. The van der Waals surface area contributed by atoms with Gasteiger partial charge in [0, 0.05) is 28.5 Å². The highest BCUT2D eigenvalue weighted by molar-refractivity contribution is 6.31. The van der Waals surface area contributed by atoms with E-state index in [0.29, 0.717) is 11.4 Å². The van der Waals surface area contributed by atoms with Crippen molar-refractivity contribution in [2.45, 2.75) is 12.0 Å². The third-order valence-corrected chi connectivity index (χ3v) is 7.38. The molecule has 3 nitrogen and oxygen atoms in total. The van der Waals surface area contributed by atoms with Gasteiger partial charge in [0.2, 0.25) is 0 Å². The predicted molar refractivity (Wildman–Crippen MR) is 148 cm³/mol. The van der Waals surface area contributed by atoms with Gasteiger partial charge in [-0.05, 0) is 56.9 Å². The molecule has 0 amide bonds. The van der Waals surface area contributed by atoms with Crippen LogP contribution < -0.4 is 0 Å². The van der Waals surface area contributed by atoms with Crippen molar-refractivity contribution in [3.63, 3.8) is 0 Å². The van der Waals surface area contributed by atoms with Crippen molar-refractivity contribution in [3.05, 3.63) is 132 Å². The van der Waals surface area contributed by atoms with Crippen LogP contribution >= 0.6 is 11.6 Å². The molecular formula is C32H24ClNO2. The first kappa shape index (κ1) is 22.4. The Morgan fingerprint density at radius 2 is 1.44 bits per heavy atom. The molecule has 0 radical (unpaired) electrons. The van der Waals surface area contributed by atoms with E-state index in [1.807, 2.05) is 66.9 Å². The standard InChI is InChI=1S/C32H24ClNO2/c1-36-31(35)32(29-15-7-11-23-9-3-5-14-28(23)29,34-19-18-24-20-26(33)16-17-30(24)34)21-25-12-6-10-22-8-2-4-13-27(22)25/h2-20H,21H2,1H3/t32-/m0/s1. The SMILES string of the molecule is COC(=O)[C@](Cc1cccc2ccccc12)(c1cccc2ccccc12)n1ccc2cc(Cl)ccc21. The third kappa shape index (κ3) is 3.47. The average molecular weight is 490 g/mol. The number of ether oxygens (including phenoxy) is 1. The van der Waals surface area contributed by atoms with Gasteiger partial charge in [-0.3, -0.25) is 0 Å². The molecular weight excluding hydrogens is 466 g/mol. The number of hydrogen-bond acceptors (Lipinski definition) is 2. The lowest BCUT2D eigenvalue weighted by atomic mass is 9.79. The number of esters is 1. The van der Waals surface area contributed by atoms with E-state index in [1.165, 1.54) is 7.11 Å². The Balaban J connectivity index is 1.73. The molecule has 176 valence electrons. The third-order valence-electron chi connectivity index (χ3n) is 7.15. The van der Waals surface area contributed by atoms with E-state index < -0.39 is 5.54 Å². The van der Waals surface area contributed by atoms with Crippen LogP contribution in [0.4, 0.5) is 0 Å². The van der Waals surface area contributed by atoms with Crippen molar-refractivity contribution >= 4 is 50.0 Å². The Kier molecular flexibility index (Phi) is 5.50. The summed E-state index contributed by atoms with van der Waals surface area (Å²) in [7, 11) is 1.47. The highest BCUT2D eigenvalue weighted by Gasteiger charge is 2.45. The van der Waals surface area contributed by atoms with E-state index in [2.05, 4.69) is 53.1 Å². The fraction of sp³-hybridized carbons (Fsp3) is 0.0938. The first-order valence-electron chi connectivity index (χ1n) is 11.9. The summed E-state index contributed by atoms with van der Waals surface area (Å²) >= 11 is 6.32. The summed E-state index contributed by atoms with van der Waals surface area (Å²) in [6.07, 6.45) is 2.40. The molecule has 0 saturated heterocycles. The number of carbonyl (C=O) groups is 1. The monoisotopic (exact) mass is 489 g/mol. The number of halogens is 1. The minimum atomic E-state index is -1.16. The van der Waals surface area contributed by atoms with Gasteiger partial charge in [-0.1, -0.05) is 96.5 Å². The predicted octanol–water partition coefficient (Wildman–Crippen LogP) is 7.76. The number of carbonyl (C=O) groups excluding carboxylic acids is 1. The lowest BCUT2D eigenvalue weighted by Crippen LogP contribution is -2.46. The van der Waals surface area contributed by atoms with Crippen LogP contribution in [0.2, 0.25) is 5.02 Å². The zero-order valence-electron chi connectivity index (χ0n) is 19.8. The van der Waals surface area contributed by atoms with Crippen LogP contribution in [-0.2, 0) is 21.5 Å². The van der Waals surface area contributed by atoms with E-state index >= 15 is 0 Å². The summed E-state index contributed by atoms with van der Waals surface area (Å²) in [6, 6.07) is 36.6. The molecule has 6 rings (SSSR count). The number of benzene rings is 5. The Labute approximate surface area is 214 Å². The molecule has 6 aromatic rings. The van der Waals surface area contributed by atoms with Crippen LogP contribution in [-0.4, -0.2) is 17.6 Å². The Morgan fingerprint density at radius 1 is 0.778 bits per heavy atom. The van der Waals surface area contributed by atoms with Gasteiger partial charge in [0.15, 0.2) is 5.54 Å². The molecule has 4 heteroatoms. The Bertz CT molecular complexity index is 1740. The largest absolute Gasteiger partial charge is 0.467 e. The summed E-state index contributed by atoms with van der Waals surface area (Å²) in [6.45, 7) is 0. The van der Waals surface area contributed by atoms with Crippen LogP contribution in [0.15, 0.2) is 115 Å². The lowest BCUT2D eigenvalue weighted by molar-refractivity contribution is -0.148. The Hall–Kier alpha value is -4.08. The second-order valence-corrected chi connectivity index (χ2v) is 9.52. The smallest absolute Gasteiger partial charge is 0.337 e. The molecule has 0 aliphatic rings. The number of rotatable bonds is 5. The van der Waals surface area contributed by atoms with E-state index in [-0.39, 0.29) is 5.97 Å². The average Bonchev–Trinajstić information content (AvgIpc) is 3.34. The Morgan fingerprint density at radius 3 is 2.22 bits per heavy atom. The maximum Gasteiger partial charge on any atom is 0.337 e. The van der Waals surface area contributed by atoms with Gasteiger partial charge in [-0.15, -0.1) is 0 Å². The van der Waals surface area contributed by atoms with Crippen molar-refractivity contribution in [2.75, 3.05) is 7.11 Å². The van der Waals surface area contributed by atoms with Gasteiger partial charge in [-0.2, -0.15) is 0 Å². The van der Waals surface area contributed by atoms with Crippen LogP contribution in [0.3, 0.4) is 0 Å². The molecule has 0 saturated carbocycles. The fourth-order valence-corrected chi connectivity index (χ4v) is 5.69. The summed E-state index contributed by atoms with van der Waals surface area (Å²) < 4.78 is 7.68. The normalized spacial score (nSPS) is 13.2. The first-order valence-corrected chi connectivity index (χ1v) is 12.3. The molecule has 0 aliphatic heterocycles. The van der Waals surface area contributed by atoms with Crippen molar-refractivity contribution < 1.29 is 9.53 Å². The van der Waals surface area contributed by atoms with Gasteiger partial charge in [-0.25, -0.2) is 4.79 Å². The second kappa shape index (κ2) is 8.85. The molecule has 0 bridgehead atoms. The summed E-state index contributed by atoms with van der Waals surface area (Å²) in [4.78, 5) is 14.2. The quantitative estimate of drug-likeness (QED) is 0.232. The maximum absolute atomic E-state index is 14.2. The lowest BCUT2D eigenvalue weighted by Gasteiger charge is -2.35. The first-order chi connectivity index (χ1) is 17.6. The number of fused-ring (bicyclic) bond motifs is 3. The van der Waals surface area contributed by atoms with E-state index in [4.69, 9.17) is 16.3 Å². The van der Waals surface area contributed by atoms with Gasteiger partial charge < -0.3 is 9.30 Å². The van der Waals surface area contributed by atoms with Gasteiger partial charge in [0.25, 0.3) is 0 Å². The molecule has 1 aromatic heterocycles. The van der Waals surface area contributed by atoms with Crippen LogP contribution in [0, 0.1) is 0 Å². The van der Waals surface area contributed by atoms with Crippen molar-refractivity contribution in [3.8, 4) is 0 Å². The zero-order valence-corrected chi connectivity index (χ0v) is 20.6. The van der Waals surface area contributed by atoms with Gasteiger partial charge in [0.05, 0.1) is 7.11 Å². The summed E-state index contributed by atoms with van der Waals surface area (Å²) in [5, 5.41) is 5.96. The van der Waals surface area contributed by atoms with E-state index in [9.17, 15) is 4.79 Å². The zero-order chi connectivity index (χ0) is 24.7. The van der Waals surface area contributed by atoms with E-state index in [0.717, 1.165) is 43.6 Å². The van der Waals surface area contributed by atoms with Crippen LogP contribution in [0.1, 0.15) is 11.1 Å².